The highest BCUT2D eigenvalue weighted by Gasteiger charge is 2.47. The number of allylic oxidation sites excluding steroid dienone is 4. The monoisotopic (exact) mass is 272 g/mol. The van der Waals surface area contributed by atoms with Crippen LogP contribution in [-0.4, -0.2) is 0 Å². The van der Waals surface area contributed by atoms with Gasteiger partial charge in [-0.25, -0.2) is 0 Å². The molecule has 0 N–H and O–H groups in total. The molecule has 0 heterocycles. The summed E-state index contributed by atoms with van der Waals surface area (Å²) >= 11 is 0. The highest BCUT2D eigenvalue weighted by molar-refractivity contribution is 5.40. The molecule has 20 heavy (non-hydrogen) atoms. The molecule has 112 valence electrons. The minimum atomic E-state index is 0.575. The van der Waals surface area contributed by atoms with Crippen molar-refractivity contribution in [1.29, 1.82) is 0 Å². The zero-order chi connectivity index (χ0) is 14.5. The molecule has 0 bridgehead atoms. The smallest absolute Gasteiger partial charge is 0.0222 e. The molecule has 0 spiro atoms. The van der Waals surface area contributed by atoms with Crippen molar-refractivity contribution in [2.24, 2.45) is 29.1 Å². The van der Waals surface area contributed by atoms with Gasteiger partial charge in [-0.05, 0) is 80.1 Å². The standard InChI is InChI=1S/C20H32/c1-13(2)16-10-11-20(5)12-18-15(4)6-8-17(18)14(3)7-9-19(16)20/h7,13,15-16,19H,6,8-12H2,1-5H3/b14-7-/t15-,16+,19+,20-/m1/s1. The van der Waals surface area contributed by atoms with Gasteiger partial charge in [0.25, 0.3) is 0 Å². The average molecular weight is 272 g/mol. The third-order valence-corrected chi connectivity index (χ3v) is 6.88. The summed E-state index contributed by atoms with van der Waals surface area (Å²) in [6.45, 7) is 12.3. The van der Waals surface area contributed by atoms with Gasteiger partial charge in [0.1, 0.15) is 0 Å². The molecular weight excluding hydrogens is 240 g/mol. The van der Waals surface area contributed by atoms with Crippen LogP contribution in [0.5, 0.6) is 0 Å². The molecule has 0 aliphatic heterocycles. The first-order chi connectivity index (χ1) is 9.42. The van der Waals surface area contributed by atoms with Crippen molar-refractivity contribution >= 4 is 0 Å². The van der Waals surface area contributed by atoms with Crippen molar-refractivity contribution in [2.45, 2.75) is 73.1 Å². The number of hydrogen-bond acceptors (Lipinski definition) is 0. The van der Waals surface area contributed by atoms with Crippen LogP contribution >= 0.6 is 0 Å². The molecule has 1 saturated carbocycles. The average Bonchev–Trinajstić information content (AvgIpc) is 2.88. The first-order valence-electron chi connectivity index (χ1n) is 8.81. The van der Waals surface area contributed by atoms with Crippen molar-refractivity contribution in [2.75, 3.05) is 0 Å². The largest absolute Gasteiger partial charge is 0.0810 e. The number of fused-ring (bicyclic) bond motifs is 1. The van der Waals surface area contributed by atoms with E-state index in [4.69, 9.17) is 0 Å². The quantitative estimate of drug-likeness (QED) is 0.537. The zero-order valence-corrected chi connectivity index (χ0v) is 14.1. The van der Waals surface area contributed by atoms with E-state index in [1.807, 2.05) is 5.57 Å². The summed E-state index contributed by atoms with van der Waals surface area (Å²) in [5, 5.41) is 0. The third-order valence-electron chi connectivity index (χ3n) is 6.88. The Morgan fingerprint density at radius 3 is 2.70 bits per heavy atom. The molecule has 0 saturated heterocycles. The molecule has 0 radical (unpaired) electrons. The Balaban J connectivity index is 1.97. The normalized spacial score (nSPS) is 43.9. The SMILES string of the molecule is C/C1=C/C[C@H]2[C@H](C(C)C)CC[C@]2(C)CC2=C1CC[C@H]2C. The fourth-order valence-electron chi connectivity index (χ4n) is 5.46. The van der Waals surface area contributed by atoms with Gasteiger partial charge in [-0.3, -0.25) is 0 Å². The van der Waals surface area contributed by atoms with Crippen LogP contribution in [0.15, 0.2) is 22.8 Å². The summed E-state index contributed by atoms with van der Waals surface area (Å²) in [6, 6.07) is 0. The van der Waals surface area contributed by atoms with E-state index in [1.165, 1.54) is 38.5 Å². The summed E-state index contributed by atoms with van der Waals surface area (Å²) in [7, 11) is 0. The molecule has 1 fully saturated rings. The van der Waals surface area contributed by atoms with Gasteiger partial charge in [0.05, 0.1) is 0 Å². The zero-order valence-electron chi connectivity index (χ0n) is 14.1. The lowest BCUT2D eigenvalue weighted by Crippen LogP contribution is -2.29. The Bertz CT molecular complexity index is 451. The van der Waals surface area contributed by atoms with Crippen LogP contribution in [0.25, 0.3) is 0 Å². The molecule has 0 aromatic rings. The van der Waals surface area contributed by atoms with Gasteiger partial charge in [0.15, 0.2) is 0 Å². The lowest BCUT2D eigenvalue weighted by atomic mass is 9.67. The van der Waals surface area contributed by atoms with Gasteiger partial charge in [0.2, 0.25) is 0 Å². The summed E-state index contributed by atoms with van der Waals surface area (Å²) in [5.74, 6) is 3.55. The lowest BCUT2D eigenvalue weighted by molar-refractivity contribution is 0.163. The van der Waals surface area contributed by atoms with Crippen LogP contribution in [0.2, 0.25) is 0 Å². The number of hydrogen-bond donors (Lipinski definition) is 0. The summed E-state index contributed by atoms with van der Waals surface area (Å²) in [6.07, 6.45) is 11.0. The molecule has 3 rings (SSSR count). The number of rotatable bonds is 1. The molecule has 0 unspecified atom stereocenters. The minimum absolute atomic E-state index is 0.575. The second kappa shape index (κ2) is 5.04. The Hall–Kier alpha value is -0.520. The van der Waals surface area contributed by atoms with E-state index in [0.29, 0.717) is 5.41 Å². The van der Waals surface area contributed by atoms with Gasteiger partial charge >= 0.3 is 0 Å². The maximum absolute atomic E-state index is 2.60. The van der Waals surface area contributed by atoms with E-state index < -0.39 is 0 Å². The molecule has 0 aromatic heterocycles. The van der Waals surface area contributed by atoms with Crippen molar-refractivity contribution in [3.05, 3.63) is 22.8 Å². The van der Waals surface area contributed by atoms with Crippen LogP contribution in [0.4, 0.5) is 0 Å². The topological polar surface area (TPSA) is 0 Å². The van der Waals surface area contributed by atoms with E-state index >= 15 is 0 Å². The maximum atomic E-state index is 2.60. The van der Waals surface area contributed by atoms with Crippen molar-refractivity contribution in [1.82, 2.24) is 0 Å². The fraction of sp³-hybridized carbons (Fsp3) is 0.800. The Morgan fingerprint density at radius 1 is 1.25 bits per heavy atom. The molecule has 0 heteroatoms. The Kier molecular flexibility index (Phi) is 3.63. The van der Waals surface area contributed by atoms with Gasteiger partial charge in [-0.1, -0.05) is 44.9 Å². The highest BCUT2D eigenvalue weighted by atomic mass is 14.5. The van der Waals surface area contributed by atoms with Gasteiger partial charge < -0.3 is 0 Å². The van der Waals surface area contributed by atoms with Crippen LogP contribution in [0.1, 0.15) is 73.1 Å². The van der Waals surface area contributed by atoms with Crippen molar-refractivity contribution in [3.63, 3.8) is 0 Å². The first-order valence-corrected chi connectivity index (χ1v) is 8.81. The molecule has 4 atom stereocenters. The van der Waals surface area contributed by atoms with Gasteiger partial charge in [-0.2, -0.15) is 0 Å². The Morgan fingerprint density at radius 2 is 2.00 bits per heavy atom. The van der Waals surface area contributed by atoms with E-state index in [0.717, 1.165) is 23.7 Å². The molecule has 3 aliphatic carbocycles. The van der Waals surface area contributed by atoms with E-state index in [1.54, 1.807) is 11.1 Å². The first kappa shape index (κ1) is 14.4. The van der Waals surface area contributed by atoms with Gasteiger partial charge in [0, 0.05) is 0 Å². The summed E-state index contributed by atoms with van der Waals surface area (Å²) in [4.78, 5) is 0. The van der Waals surface area contributed by atoms with Crippen LogP contribution in [-0.2, 0) is 0 Å². The molecule has 3 aliphatic rings. The lowest BCUT2D eigenvalue weighted by Gasteiger charge is -2.38. The maximum Gasteiger partial charge on any atom is -0.0222 e. The molecule has 0 amide bonds. The Labute approximate surface area is 125 Å². The van der Waals surface area contributed by atoms with Gasteiger partial charge in [-0.15, -0.1) is 0 Å². The fourth-order valence-corrected chi connectivity index (χ4v) is 5.46. The summed E-state index contributed by atoms with van der Waals surface area (Å²) in [5.41, 5.74) is 5.76. The summed E-state index contributed by atoms with van der Waals surface area (Å²) < 4.78 is 0. The highest BCUT2D eigenvalue weighted by Crippen LogP contribution is 2.57. The van der Waals surface area contributed by atoms with E-state index in [9.17, 15) is 0 Å². The second-order valence-corrected chi connectivity index (χ2v) is 8.45. The van der Waals surface area contributed by atoms with E-state index in [2.05, 4.69) is 40.7 Å². The van der Waals surface area contributed by atoms with Crippen LogP contribution in [0, 0.1) is 29.1 Å². The molecule has 0 aromatic carbocycles. The third kappa shape index (κ3) is 2.20. The predicted octanol–water partition coefficient (Wildman–Crippen LogP) is 6.14. The van der Waals surface area contributed by atoms with E-state index in [-0.39, 0.29) is 0 Å². The van der Waals surface area contributed by atoms with Crippen molar-refractivity contribution < 1.29 is 0 Å². The second-order valence-electron chi connectivity index (χ2n) is 8.45. The van der Waals surface area contributed by atoms with Crippen LogP contribution in [0.3, 0.4) is 0 Å². The molecular formula is C20H32. The van der Waals surface area contributed by atoms with Crippen molar-refractivity contribution in [3.8, 4) is 0 Å². The van der Waals surface area contributed by atoms with Crippen LogP contribution < -0.4 is 0 Å². The predicted molar refractivity (Wildman–Crippen MR) is 87.6 cm³/mol. The molecule has 0 nitrogen and oxygen atoms in total. The minimum Gasteiger partial charge on any atom is -0.0810 e.